The van der Waals surface area contributed by atoms with E-state index in [-0.39, 0.29) is 11.5 Å². The lowest BCUT2D eigenvalue weighted by Gasteiger charge is -2.00. The first-order valence-corrected chi connectivity index (χ1v) is 8.79. The van der Waals surface area contributed by atoms with Crippen LogP contribution in [0.25, 0.3) is 5.53 Å². The van der Waals surface area contributed by atoms with Crippen molar-refractivity contribution in [2.45, 2.75) is 39.5 Å². The van der Waals surface area contributed by atoms with Gasteiger partial charge in [0.15, 0.2) is 0 Å². The molecule has 0 unspecified atom stereocenters. The van der Waals surface area contributed by atoms with Crippen LogP contribution in [0.3, 0.4) is 0 Å². The fraction of sp³-hybridized carbons (Fsp3) is 0.889. The molecule has 0 aliphatic heterocycles. The van der Waals surface area contributed by atoms with Crippen LogP contribution in [0.15, 0.2) is 0 Å². The Hall–Kier alpha value is -0.720. The molecule has 0 heterocycles. The van der Waals surface area contributed by atoms with E-state index in [4.69, 9.17) is 5.53 Å². The largest absolute Gasteiger partial charge is 0.495 e. The second kappa shape index (κ2) is 6.88. The second-order valence-corrected chi connectivity index (χ2v) is 8.02. The van der Waals surface area contributed by atoms with Crippen LogP contribution in [0, 0.1) is 0 Å². The Balaban J connectivity index is 5.18. The van der Waals surface area contributed by atoms with E-state index in [1.54, 1.807) is 13.8 Å². The van der Waals surface area contributed by atoms with Crippen molar-refractivity contribution in [3.05, 3.63) is 5.53 Å². The van der Waals surface area contributed by atoms with Crippen molar-refractivity contribution in [1.82, 2.24) is 0 Å². The topological polar surface area (TPSA) is 105 Å². The molecule has 0 fully saturated rings. The maximum absolute atomic E-state index is 11.7. The summed E-state index contributed by atoms with van der Waals surface area (Å²) in [6, 6.07) is 0. The molecular formula is C9H18N2O4S2. The van der Waals surface area contributed by atoms with Gasteiger partial charge < -0.3 is 5.53 Å². The smallest absolute Gasteiger partial charge is 0.359 e. The number of sulfone groups is 2. The maximum atomic E-state index is 11.7. The van der Waals surface area contributed by atoms with Gasteiger partial charge in [0.25, 0.3) is 19.7 Å². The van der Waals surface area contributed by atoms with Crippen molar-refractivity contribution in [1.29, 1.82) is 0 Å². The number of hydrogen-bond acceptors (Lipinski definition) is 4. The third kappa shape index (κ3) is 4.97. The summed E-state index contributed by atoms with van der Waals surface area (Å²) < 4.78 is 45.6. The van der Waals surface area contributed by atoms with Gasteiger partial charge in [-0.3, -0.25) is 0 Å². The van der Waals surface area contributed by atoms with Crippen molar-refractivity contribution in [3.63, 3.8) is 0 Å². The molecule has 0 N–H and O–H groups in total. The Morgan fingerprint density at radius 2 is 1.29 bits per heavy atom. The van der Waals surface area contributed by atoms with Gasteiger partial charge in [0, 0.05) is 0 Å². The molecule has 0 bridgehead atoms. The molecule has 100 valence electrons. The highest BCUT2D eigenvalue weighted by Gasteiger charge is 2.40. The SMILES string of the molecule is CCCCS(=O)(=O)C(=[N+]=[N-])S(=O)(=O)CCCC. The lowest BCUT2D eigenvalue weighted by Crippen LogP contribution is -2.30. The van der Waals surface area contributed by atoms with E-state index in [2.05, 4.69) is 4.79 Å². The summed E-state index contributed by atoms with van der Waals surface area (Å²) in [5.74, 6) is -0.623. The summed E-state index contributed by atoms with van der Waals surface area (Å²) in [5.41, 5.74) is 8.63. The number of rotatable bonds is 6. The van der Waals surface area contributed by atoms with Crippen LogP contribution in [0.1, 0.15) is 39.5 Å². The van der Waals surface area contributed by atoms with Gasteiger partial charge in [-0.25, -0.2) is 16.8 Å². The monoisotopic (exact) mass is 282 g/mol. The Morgan fingerprint density at radius 3 is 1.53 bits per heavy atom. The molecule has 0 atom stereocenters. The second-order valence-electron chi connectivity index (χ2n) is 3.71. The van der Waals surface area contributed by atoms with Crippen LogP contribution in [0.2, 0.25) is 0 Å². The fourth-order valence-electron chi connectivity index (χ4n) is 1.16. The molecule has 0 radical (unpaired) electrons. The molecule has 6 nitrogen and oxygen atoms in total. The lowest BCUT2D eigenvalue weighted by atomic mass is 10.4. The van der Waals surface area contributed by atoms with Crippen molar-refractivity contribution in [2.24, 2.45) is 0 Å². The van der Waals surface area contributed by atoms with Crippen LogP contribution in [0.4, 0.5) is 0 Å². The van der Waals surface area contributed by atoms with E-state index < -0.39 is 24.1 Å². The highest BCUT2D eigenvalue weighted by Crippen LogP contribution is 2.07. The van der Waals surface area contributed by atoms with Gasteiger partial charge in [0.1, 0.15) is 0 Å². The first-order valence-electron chi connectivity index (χ1n) is 5.49. The molecule has 0 saturated carbocycles. The zero-order valence-electron chi connectivity index (χ0n) is 10.1. The highest BCUT2D eigenvalue weighted by molar-refractivity contribution is 8.31. The van der Waals surface area contributed by atoms with E-state index >= 15 is 0 Å². The standard InChI is InChI=1S/C9H18N2O4S2/c1-3-5-7-16(12,13)9(11-10)17(14,15)8-6-4-2/h3-8H2,1-2H3. The fourth-order valence-corrected chi connectivity index (χ4v) is 5.14. The van der Waals surface area contributed by atoms with E-state index in [1.807, 2.05) is 0 Å². The number of hydrogen-bond donors (Lipinski definition) is 0. The van der Waals surface area contributed by atoms with Gasteiger partial charge in [0.2, 0.25) is 0 Å². The molecule has 0 aliphatic rings. The van der Waals surface area contributed by atoms with Crippen LogP contribution in [-0.2, 0) is 19.7 Å². The van der Waals surface area contributed by atoms with E-state index in [0.717, 1.165) is 0 Å². The minimum atomic E-state index is -4.01. The lowest BCUT2D eigenvalue weighted by molar-refractivity contribution is 0.00380. The maximum Gasteiger partial charge on any atom is 0.495 e. The van der Waals surface area contributed by atoms with Crippen LogP contribution in [0.5, 0.6) is 0 Å². The minimum Gasteiger partial charge on any atom is -0.359 e. The molecule has 0 aromatic heterocycles. The predicted molar refractivity (Wildman–Crippen MR) is 66.0 cm³/mol. The van der Waals surface area contributed by atoms with Crippen molar-refractivity contribution in [3.8, 4) is 0 Å². The molecule has 0 spiro atoms. The molecule has 0 aromatic carbocycles. The molecular weight excluding hydrogens is 264 g/mol. The van der Waals surface area contributed by atoms with Crippen molar-refractivity contribution in [2.75, 3.05) is 11.5 Å². The van der Waals surface area contributed by atoms with E-state index in [9.17, 15) is 16.8 Å². The van der Waals surface area contributed by atoms with Crippen LogP contribution >= 0.6 is 0 Å². The van der Waals surface area contributed by atoms with Gasteiger partial charge in [-0.15, -0.1) is 4.79 Å². The highest BCUT2D eigenvalue weighted by atomic mass is 32.3. The summed E-state index contributed by atoms with van der Waals surface area (Å²) >= 11 is 0. The Labute approximate surface area is 102 Å². The van der Waals surface area contributed by atoms with Gasteiger partial charge in [-0.1, -0.05) is 26.7 Å². The van der Waals surface area contributed by atoms with E-state index in [0.29, 0.717) is 25.7 Å². The number of unbranched alkanes of at least 4 members (excludes halogenated alkanes) is 2. The zero-order valence-corrected chi connectivity index (χ0v) is 11.7. The van der Waals surface area contributed by atoms with Crippen LogP contribution in [-0.4, -0.2) is 37.5 Å². The van der Waals surface area contributed by atoms with Crippen molar-refractivity contribution >= 4 is 24.1 Å². The van der Waals surface area contributed by atoms with Gasteiger partial charge >= 0.3 is 4.38 Å². The molecule has 0 saturated heterocycles. The summed E-state index contributed by atoms with van der Waals surface area (Å²) in [7, 11) is -8.02. The average Bonchev–Trinajstić information content (AvgIpc) is 2.24. The first-order chi connectivity index (χ1) is 7.81. The van der Waals surface area contributed by atoms with E-state index in [1.165, 1.54) is 0 Å². The summed E-state index contributed by atoms with van der Waals surface area (Å²) in [4.78, 5) is 2.48. The third-order valence-corrected chi connectivity index (χ3v) is 6.55. The average molecular weight is 282 g/mol. The number of nitrogens with zero attached hydrogens (tertiary/aromatic N) is 2. The van der Waals surface area contributed by atoms with Gasteiger partial charge in [0.05, 0.1) is 11.5 Å². The Kier molecular flexibility index (Phi) is 6.59. The molecule has 0 aliphatic carbocycles. The quantitative estimate of drug-likeness (QED) is 0.313. The predicted octanol–water partition coefficient (Wildman–Crippen LogP) is 1.00. The Morgan fingerprint density at radius 1 is 0.941 bits per heavy atom. The normalized spacial score (nSPS) is 12.1. The summed E-state index contributed by atoms with van der Waals surface area (Å²) in [6.45, 7) is 3.58. The molecule has 0 rings (SSSR count). The Bertz CT molecular complexity index is 447. The molecule has 0 amide bonds. The summed E-state index contributed by atoms with van der Waals surface area (Å²) in [5, 5.41) is 0. The third-order valence-electron chi connectivity index (χ3n) is 2.15. The zero-order chi connectivity index (χ0) is 13.5. The molecule has 17 heavy (non-hydrogen) atoms. The van der Waals surface area contributed by atoms with Gasteiger partial charge in [-0.05, 0) is 12.8 Å². The van der Waals surface area contributed by atoms with Crippen LogP contribution < -0.4 is 0 Å². The summed E-state index contributed by atoms with van der Waals surface area (Å²) in [6.07, 6.45) is 1.91. The van der Waals surface area contributed by atoms with Gasteiger partial charge in [-0.2, -0.15) is 0 Å². The first kappa shape index (κ1) is 16.3. The molecule has 8 heteroatoms. The van der Waals surface area contributed by atoms with Crippen molar-refractivity contribution < 1.29 is 21.6 Å². The minimum absolute atomic E-state index is 0.311. The molecule has 0 aromatic rings.